The third-order valence-electron chi connectivity index (χ3n) is 3.99. The minimum Gasteiger partial charge on any atom is -0.0945 e. The molecule has 1 aliphatic carbocycles. The average Bonchev–Trinajstić information content (AvgIpc) is 2.83. The van der Waals surface area contributed by atoms with E-state index in [4.69, 9.17) is 0 Å². The van der Waals surface area contributed by atoms with Crippen LogP contribution in [0.5, 0.6) is 0 Å². The van der Waals surface area contributed by atoms with Crippen LogP contribution in [-0.4, -0.2) is 30.3 Å². The van der Waals surface area contributed by atoms with E-state index in [0.29, 0.717) is 0 Å². The van der Waals surface area contributed by atoms with Crippen LogP contribution in [0.3, 0.4) is 0 Å². The maximum Gasteiger partial charge on any atom is 0.0228 e. The molecule has 0 saturated heterocycles. The lowest BCUT2D eigenvalue weighted by molar-refractivity contribution is 0.714. The Hall–Kier alpha value is 0.340. The van der Waals surface area contributed by atoms with E-state index in [1.54, 1.807) is 0 Å². The molecule has 0 radical (unpaired) electrons. The fourth-order valence-corrected chi connectivity index (χ4v) is 10.8. The Labute approximate surface area is 149 Å². The summed E-state index contributed by atoms with van der Waals surface area (Å²) in [6, 6.07) is 0. The molecular formula is C21H40P2. The van der Waals surface area contributed by atoms with Crippen molar-refractivity contribution in [3.63, 3.8) is 0 Å². The zero-order valence-corrected chi connectivity index (χ0v) is 18.6. The monoisotopic (exact) mass is 354 g/mol. The molecule has 0 spiro atoms. The highest BCUT2D eigenvalue weighted by atomic mass is 31.1. The van der Waals surface area contributed by atoms with E-state index in [1.165, 1.54) is 24.6 Å². The molecule has 0 aromatic heterocycles. The van der Waals surface area contributed by atoms with Crippen LogP contribution in [0, 0.1) is 23.7 Å². The highest BCUT2D eigenvalue weighted by molar-refractivity contribution is 7.66. The van der Waals surface area contributed by atoms with Gasteiger partial charge in [-0.1, -0.05) is 89.5 Å². The van der Waals surface area contributed by atoms with Gasteiger partial charge in [0.25, 0.3) is 0 Å². The zero-order chi connectivity index (χ0) is 17.6. The van der Waals surface area contributed by atoms with Gasteiger partial charge in [0.05, 0.1) is 0 Å². The first-order valence-corrected chi connectivity index (χ1v) is 13.1. The van der Waals surface area contributed by atoms with E-state index >= 15 is 0 Å². The Bertz CT molecular complexity index is 371. The first-order valence-electron chi connectivity index (χ1n) is 9.58. The summed E-state index contributed by atoms with van der Waals surface area (Å²) in [7, 11) is 0.151. The van der Waals surface area contributed by atoms with Crippen molar-refractivity contribution in [1.29, 1.82) is 0 Å². The minimum absolute atomic E-state index is 0.0524. The van der Waals surface area contributed by atoms with Gasteiger partial charge in [0, 0.05) is 5.66 Å². The van der Waals surface area contributed by atoms with Crippen molar-refractivity contribution in [3.05, 3.63) is 23.5 Å². The van der Waals surface area contributed by atoms with Crippen molar-refractivity contribution in [3.8, 4) is 0 Å². The van der Waals surface area contributed by atoms with E-state index in [0.717, 1.165) is 29.3 Å². The molecule has 0 saturated carbocycles. The van der Waals surface area contributed by atoms with Crippen LogP contribution in [0.4, 0.5) is 0 Å². The minimum atomic E-state index is 0.0524. The zero-order valence-electron chi connectivity index (χ0n) is 16.8. The molecule has 0 aromatic carbocycles. The van der Waals surface area contributed by atoms with Gasteiger partial charge in [-0.15, -0.1) is 0 Å². The number of hydrogen-bond donors (Lipinski definition) is 0. The van der Waals surface area contributed by atoms with Gasteiger partial charge in [-0.3, -0.25) is 0 Å². The summed E-state index contributed by atoms with van der Waals surface area (Å²) < 4.78 is 0. The molecule has 1 unspecified atom stereocenters. The predicted octanol–water partition coefficient (Wildman–Crippen LogP) is 7.40. The molecule has 2 heteroatoms. The van der Waals surface area contributed by atoms with Crippen LogP contribution in [0.15, 0.2) is 23.5 Å². The van der Waals surface area contributed by atoms with Gasteiger partial charge in [0.1, 0.15) is 0 Å². The Balaban J connectivity index is 2.93. The largest absolute Gasteiger partial charge is 0.0945 e. The topological polar surface area (TPSA) is 0 Å². The molecule has 0 heterocycles. The quantitative estimate of drug-likeness (QED) is 0.359. The Kier molecular flexibility index (Phi) is 9.63. The summed E-state index contributed by atoms with van der Waals surface area (Å²) in [5.74, 6) is 3.31. The van der Waals surface area contributed by atoms with Crippen molar-refractivity contribution in [2.45, 2.75) is 61.0 Å². The molecule has 0 nitrogen and oxygen atoms in total. The second kappa shape index (κ2) is 10.4. The van der Waals surface area contributed by atoms with Crippen molar-refractivity contribution in [2.75, 3.05) is 24.6 Å². The molecule has 0 bridgehead atoms. The molecule has 0 aromatic rings. The molecule has 1 aliphatic rings. The smallest absolute Gasteiger partial charge is 0.0228 e. The van der Waals surface area contributed by atoms with E-state index < -0.39 is 0 Å². The van der Waals surface area contributed by atoms with Gasteiger partial charge in [0.2, 0.25) is 0 Å². The molecule has 0 amide bonds. The molecule has 1 atom stereocenters. The summed E-state index contributed by atoms with van der Waals surface area (Å²) in [6.45, 7) is 19.2. The first-order chi connectivity index (χ1) is 10.7. The highest BCUT2D eigenvalue weighted by Gasteiger charge is 2.30. The summed E-state index contributed by atoms with van der Waals surface area (Å²) in [6.07, 6.45) is 13.2. The second-order valence-corrected chi connectivity index (χ2v) is 13.6. The fraction of sp³-hybridized carbons (Fsp3) is 0.810. The molecule has 23 heavy (non-hydrogen) atoms. The Morgan fingerprint density at radius 3 is 1.57 bits per heavy atom. The molecule has 0 N–H and O–H groups in total. The summed E-state index contributed by atoms with van der Waals surface area (Å²) >= 11 is 0. The van der Waals surface area contributed by atoms with Crippen molar-refractivity contribution in [2.24, 2.45) is 23.7 Å². The lowest BCUT2D eigenvalue weighted by Crippen LogP contribution is -2.15. The van der Waals surface area contributed by atoms with E-state index in [2.05, 4.69) is 73.6 Å². The molecule has 0 fully saturated rings. The first kappa shape index (κ1) is 21.4. The van der Waals surface area contributed by atoms with Crippen LogP contribution >= 0.6 is 15.8 Å². The third-order valence-corrected chi connectivity index (χ3v) is 11.3. The average molecular weight is 354 g/mol. The van der Waals surface area contributed by atoms with Crippen LogP contribution in [0.2, 0.25) is 0 Å². The molecule has 1 rings (SSSR count). The second-order valence-electron chi connectivity index (χ2n) is 8.86. The normalized spacial score (nSPS) is 18.5. The van der Waals surface area contributed by atoms with E-state index in [-0.39, 0.29) is 15.8 Å². The lowest BCUT2D eigenvalue weighted by Gasteiger charge is -2.34. The third kappa shape index (κ3) is 7.84. The molecular weight excluding hydrogens is 314 g/mol. The number of rotatable bonds is 10. The summed E-state index contributed by atoms with van der Waals surface area (Å²) in [5.41, 5.74) is 0.790. The fourth-order valence-electron chi connectivity index (χ4n) is 3.46. The maximum atomic E-state index is 2.56. The van der Waals surface area contributed by atoms with Crippen LogP contribution in [0.25, 0.3) is 0 Å². The Morgan fingerprint density at radius 1 is 0.739 bits per heavy atom. The van der Waals surface area contributed by atoms with Crippen LogP contribution < -0.4 is 0 Å². The summed E-state index contributed by atoms with van der Waals surface area (Å²) in [4.78, 5) is 0. The van der Waals surface area contributed by atoms with Gasteiger partial charge >= 0.3 is 0 Å². The van der Waals surface area contributed by atoms with Gasteiger partial charge in [-0.05, 0) is 53.6 Å². The van der Waals surface area contributed by atoms with Crippen LogP contribution in [0.1, 0.15) is 55.4 Å². The van der Waals surface area contributed by atoms with Crippen molar-refractivity contribution in [1.82, 2.24) is 0 Å². The van der Waals surface area contributed by atoms with E-state index in [1.807, 2.05) is 5.31 Å². The lowest BCUT2D eigenvalue weighted by atomic mass is 10.3. The molecule has 0 aliphatic heterocycles. The predicted molar refractivity (Wildman–Crippen MR) is 114 cm³/mol. The van der Waals surface area contributed by atoms with Gasteiger partial charge in [-0.25, -0.2) is 0 Å². The number of allylic oxidation sites excluding steroid dienone is 4. The van der Waals surface area contributed by atoms with Gasteiger partial charge in [0.15, 0.2) is 0 Å². The molecule has 134 valence electrons. The van der Waals surface area contributed by atoms with Gasteiger partial charge < -0.3 is 0 Å². The summed E-state index contributed by atoms with van der Waals surface area (Å²) in [5, 5.41) is 1.84. The van der Waals surface area contributed by atoms with Gasteiger partial charge in [-0.2, -0.15) is 0 Å². The highest BCUT2D eigenvalue weighted by Crippen LogP contribution is 2.60. The number of hydrogen-bond acceptors (Lipinski definition) is 0. The van der Waals surface area contributed by atoms with Crippen molar-refractivity contribution >= 4 is 15.8 Å². The SMILES string of the molecule is CC(C)CP(CC(C)C)C1=CC=CC1P(CC(C)C)CC(C)C. The van der Waals surface area contributed by atoms with Crippen molar-refractivity contribution < 1.29 is 0 Å². The Morgan fingerprint density at radius 2 is 1.17 bits per heavy atom. The maximum absolute atomic E-state index is 2.56. The standard InChI is InChI=1S/C21H40P2/c1-16(2)12-22(13-17(3)4)20-10-9-11-21(20)23(14-18(5)6)15-19(7)8/h9-11,16-20H,12-15H2,1-8H3. The van der Waals surface area contributed by atoms with Crippen LogP contribution in [-0.2, 0) is 0 Å². The van der Waals surface area contributed by atoms with E-state index in [9.17, 15) is 0 Å².